The highest BCUT2D eigenvalue weighted by Gasteiger charge is 2.12. The van der Waals surface area contributed by atoms with E-state index >= 15 is 0 Å². The fraction of sp³-hybridized carbons (Fsp3) is 0.167. The third-order valence-corrected chi connectivity index (χ3v) is 4.62. The molecule has 0 aliphatic carbocycles. The maximum Gasteiger partial charge on any atom is 0.168 e. The Bertz CT molecular complexity index is 774. The fourth-order valence-corrected chi connectivity index (χ4v) is 3.27. The third kappa shape index (κ3) is 3.81. The van der Waals surface area contributed by atoms with Crippen LogP contribution in [0.3, 0.4) is 0 Å². The second-order valence-electron chi connectivity index (χ2n) is 5.14. The van der Waals surface area contributed by atoms with Crippen molar-refractivity contribution in [3.05, 3.63) is 83.4 Å². The van der Waals surface area contributed by atoms with Gasteiger partial charge in [-0.3, -0.25) is 0 Å². The molecule has 0 amide bonds. The van der Waals surface area contributed by atoms with E-state index in [-0.39, 0.29) is 12.4 Å². The average Bonchev–Trinajstić information content (AvgIpc) is 2.98. The van der Waals surface area contributed by atoms with E-state index in [1.54, 1.807) is 30.1 Å². The normalized spacial score (nSPS) is 10.9. The maximum absolute atomic E-state index is 13.9. The highest BCUT2D eigenvalue weighted by Crippen LogP contribution is 2.24. The van der Waals surface area contributed by atoms with Crippen LogP contribution in [-0.2, 0) is 18.9 Å². The maximum atomic E-state index is 13.9. The van der Waals surface area contributed by atoms with Gasteiger partial charge in [-0.2, -0.15) is 0 Å². The van der Waals surface area contributed by atoms with Gasteiger partial charge in [-0.25, -0.2) is 9.37 Å². The number of hydrogen-bond acceptors (Lipinski definition) is 3. The zero-order valence-electron chi connectivity index (χ0n) is 12.5. The Morgan fingerprint density at radius 3 is 2.52 bits per heavy atom. The summed E-state index contributed by atoms with van der Waals surface area (Å²) in [5.74, 6) is 0.532. The van der Waals surface area contributed by atoms with Gasteiger partial charge < -0.3 is 9.67 Å². The number of aliphatic hydroxyl groups is 1. The van der Waals surface area contributed by atoms with Gasteiger partial charge in [0.1, 0.15) is 5.82 Å². The van der Waals surface area contributed by atoms with Crippen LogP contribution in [0, 0.1) is 5.82 Å². The van der Waals surface area contributed by atoms with Crippen LogP contribution < -0.4 is 0 Å². The number of hydrogen-bond donors (Lipinski definition) is 1. The molecule has 0 aliphatic heterocycles. The van der Waals surface area contributed by atoms with Crippen LogP contribution in [0.1, 0.15) is 16.8 Å². The Balaban J connectivity index is 1.81. The van der Waals surface area contributed by atoms with Gasteiger partial charge in [0.15, 0.2) is 5.16 Å². The standard InChI is InChI=1S/C18H17FN2OS/c19-17-9-5-4-8-15(17)11-21-16(12-22)10-20-18(21)23-13-14-6-2-1-3-7-14/h1-10,22H,11-13H2. The molecule has 0 spiro atoms. The molecule has 0 atom stereocenters. The fourth-order valence-electron chi connectivity index (χ4n) is 2.32. The number of halogens is 1. The molecule has 0 bridgehead atoms. The molecular weight excluding hydrogens is 311 g/mol. The zero-order valence-corrected chi connectivity index (χ0v) is 13.3. The van der Waals surface area contributed by atoms with Gasteiger partial charge in [0.25, 0.3) is 0 Å². The summed E-state index contributed by atoms with van der Waals surface area (Å²) in [6, 6.07) is 16.8. The van der Waals surface area contributed by atoms with Gasteiger partial charge in [-0.15, -0.1) is 0 Å². The molecule has 1 aromatic heterocycles. The van der Waals surface area contributed by atoms with Gasteiger partial charge >= 0.3 is 0 Å². The lowest BCUT2D eigenvalue weighted by molar-refractivity contribution is 0.270. The molecule has 0 saturated carbocycles. The van der Waals surface area contributed by atoms with Crippen molar-refractivity contribution in [3.63, 3.8) is 0 Å². The first-order chi connectivity index (χ1) is 11.3. The van der Waals surface area contributed by atoms with Gasteiger partial charge in [0.2, 0.25) is 0 Å². The summed E-state index contributed by atoms with van der Waals surface area (Å²) in [6.07, 6.45) is 1.65. The lowest BCUT2D eigenvalue weighted by Gasteiger charge is -2.11. The molecule has 23 heavy (non-hydrogen) atoms. The molecule has 3 nitrogen and oxygen atoms in total. The van der Waals surface area contributed by atoms with Crippen LogP contribution >= 0.6 is 11.8 Å². The highest BCUT2D eigenvalue weighted by molar-refractivity contribution is 7.98. The Labute approximate surface area is 138 Å². The minimum absolute atomic E-state index is 0.118. The largest absolute Gasteiger partial charge is 0.390 e. The molecule has 2 aromatic carbocycles. The van der Waals surface area contributed by atoms with E-state index in [1.807, 2.05) is 28.8 Å². The minimum atomic E-state index is -0.246. The quantitative estimate of drug-likeness (QED) is 0.698. The first-order valence-electron chi connectivity index (χ1n) is 7.33. The highest BCUT2D eigenvalue weighted by atomic mass is 32.2. The molecule has 0 saturated heterocycles. The number of nitrogens with zero attached hydrogens (tertiary/aromatic N) is 2. The van der Waals surface area contributed by atoms with Gasteiger partial charge in [0.05, 0.1) is 25.0 Å². The summed E-state index contributed by atoms with van der Waals surface area (Å²) in [6.45, 7) is 0.243. The average molecular weight is 328 g/mol. The summed E-state index contributed by atoms with van der Waals surface area (Å²) >= 11 is 1.58. The van der Waals surface area contributed by atoms with E-state index in [0.717, 1.165) is 10.9 Å². The Hall–Kier alpha value is -2.11. The molecule has 5 heteroatoms. The second-order valence-corrected chi connectivity index (χ2v) is 6.08. The van der Waals surface area contributed by atoms with Crippen molar-refractivity contribution in [2.45, 2.75) is 24.1 Å². The number of rotatable bonds is 6. The summed E-state index contributed by atoms with van der Waals surface area (Å²) in [5, 5.41) is 10.3. The van der Waals surface area contributed by atoms with E-state index in [1.165, 1.54) is 11.6 Å². The third-order valence-electron chi connectivity index (χ3n) is 3.56. The smallest absolute Gasteiger partial charge is 0.168 e. The molecule has 3 aromatic rings. The van der Waals surface area contributed by atoms with E-state index in [0.29, 0.717) is 17.8 Å². The second kappa shape index (κ2) is 7.44. The van der Waals surface area contributed by atoms with Crippen LogP contribution in [0.4, 0.5) is 4.39 Å². The van der Waals surface area contributed by atoms with Crippen molar-refractivity contribution in [3.8, 4) is 0 Å². The zero-order chi connectivity index (χ0) is 16.1. The lowest BCUT2D eigenvalue weighted by atomic mass is 10.2. The van der Waals surface area contributed by atoms with Gasteiger partial charge in [-0.1, -0.05) is 60.3 Å². The molecule has 0 radical (unpaired) electrons. The Kier molecular flexibility index (Phi) is 5.10. The Morgan fingerprint density at radius 1 is 1.04 bits per heavy atom. The molecule has 1 N–H and O–H groups in total. The van der Waals surface area contributed by atoms with Crippen molar-refractivity contribution < 1.29 is 9.50 Å². The van der Waals surface area contributed by atoms with Crippen LogP contribution in [0.25, 0.3) is 0 Å². The number of thioether (sulfide) groups is 1. The Morgan fingerprint density at radius 2 is 1.78 bits per heavy atom. The monoisotopic (exact) mass is 328 g/mol. The van der Waals surface area contributed by atoms with Crippen molar-refractivity contribution in [2.75, 3.05) is 0 Å². The van der Waals surface area contributed by atoms with Crippen LogP contribution in [0.2, 0.25) is 0 Å². The number of aromatic nitrogens is 2. The van der Waals surface area contributed by atoms with Crippen LogP contribution in [-0.4, -0.2) is 14.7 Å². The predicted molar refractivity (Wildman–Crippen MR) is 89.7 cm³/mol. The number of imidazole rings is 1. The molecule has 3 rings (SSSR count). The number of aliphatic hydroxyl groups excluding tert-OH is 1. The first kappa shape index (κ1) is 15.8. The van der Waals surface area contributed by atoms with E-state index in [4.69, 9.17) is 0 Å². The summed E-state index contributed by atoms with van der Waals surface area (Å²) in [4.78, 5) is 4.37. The molecular formula is C18H17FN2OS. The van der Waals surface area contributed by atoms with Crippen molar-refractivity contribution >= 4 is 11.8 Å². The van der Waals surface area contributed by atoms with Gasteiger partial charge in [0, 0.05) is 11.3 Å². The van der Waals surface area contributed by atoms with Crippen molar-refractivity contribution in [1.82, 2.24) is 9.55 Å². The van der Waals surface area contributed by atoms with Crippen molar-refractivity contribution in [2.24, 2.45) is 0 Å². The molecule has 0 unspecified atom stereocenters. The first-order valence-corrected chi connectivity index (χ1v) is 8.32. The number of benzene rings is 2. The topological polar surface area (TPSA) is 38.1 Å². The van der Waals surface area contributed by atoms with Crippen molar-refractivity contribution in [1.29, 1.82) is 0 Å². The molecule has 118 valence electrons. The molecule has 1 heterocycles. The van der Waals surface area contributed by atoms with Crippen LogP contribution in [0.15, 0.2) is 66.0 Å². The predicted octanol–water partition coefficient (Wildman–Crippen LogP) is 3.86. The van der Waals surface area contributed by atoms with E-state index in [2.05, 4.69) is 17.1 Å². The van der Waals surface area contributed by atoms with Crippen LogP contribution in [0.5, 0.6) is 0 Å². The van der Waals surface area contributed by atoms with E-state index < -0.39 is 0 Å². The van der Waals surface area contributed by atoms with Gasteiger partial charge in [-0.05, 0) is 11.6 Å². The molecule has 0 aliphatic rings. The van der Waals surface area contributed by atoms with E-state index in [9.17, 15) is 9.50 Å². The lowest BCUT2D eigenvalue weighted by Crippen LogP contribution is -2.07. The summed E-state index contributed by atoms with van der Waals surface area (Å²) in [7, 11) is 0. The SMILES string of the molecule is OCc1cnc(SCc2ccccc2)n1Cc1ccccc1F. The summed E-state index contributed by atoms with van der Waals surface area (Å²) in [5.41, 5.74) is 2.47. The minimum Gasteiger partial charge on any atom is -0.390 e. The molecule has 0 fully saturated rings. The summed E-state index contributed by atoms with van der Waals surface area (Å²) < 4.78 is 15.8.